The zero-order valence-electron chi connectivity index (χ0n) is 14.5. The first-order chi connectivity index (χ1) is 11.3. The van der Waals surface area contributed by atoms with Crippen molar-refractivity contribution >= 4 is 5.91 Å². The topological polar surface area (TPSA) is 38.3 Å². The molecule has 1 aliphatic heterocycles. The van der Waals surface area contributed by atoms with Crippen molar-refractivity contribution in [2.24, 2.45) is 0 Å². The van der Waals surface area contributed by atoms with Crippen molar-refractivity contribution in [3.63, 3.8) is 0 Å². The average molecular weight is 317 g/mol. The Bertz CT molecular complexity index is 452. The molecule has 0 radical (unpaired) electrons. The Hall–Kier alpha value is -1.35. The van der Waals surface area contributed by atoms with Gasteiger partial charge in [-0.15, -0.1) is 0 Å². The van der Waals surface area contributed by atoms with Gasteiger partial charge in [-0.05, 0) is 24.8 Å². The Morgan fingerprint density at radius 3 is 2.39 bits per heavy atom. The zero-order valence-corrected chi connectivity index (χ0v) is 14.5. The normalized spacial score (nSPS) is 16.9. The second kappa shape index (κ2) is 9.71. The third-order valence-corrected chi connectivity index (χ3v) is 4.92. The van der Waals surface area contributed by atoms with Gasteiger partial charge in [0.1, 0.15) is 0 Å². The minimum Gasteiger partial charge on any atom is -0.381 e. The van der Waals surface area contributed by atoms with Crippen LogP contribution in [0.5, 0.6) is 0 Å². The molecule has 0 atom stereocenters. The van der Waals surface area contributed by atoms with Crippen molar-refractivity contribution < 1.29 is 9.53 Å². The molecule has 0 bridgehead atoms. The van der Waals surface area contributed by atoms with Crippen LogP contribution in [0, 0.1) is 0 Å². The zero-order chi connectivity index (χ0) is 16.4. The highest BCUT2D eigenvalue weighted by Gasteiger charge is 2.41. The van der Waals surface area contributed by atoms with Crippen LogP contribution >= 0.6 is 0 Å². The fourth-order valence-corrected chi connectivity index (χ4v) is 3.40. The van der Waals surface area contributed by atoms with E-state index in [1.54, 1.807) is 0 Å². The quantitative estimate of drug-likeness (QED) is 0.693. The predicted octanol–water partition coefficient (Wildman–Crippen LogP) is 4.21. The van der Waals surface area contributed by atoms with E-state index in [1.165, 1.54) is 32.1 Å². The summed E-state index contributed by atoms with van der Waals surface area (Å²) < 4.78 is 5.50. The lowest BCUT2D eigenvalue weighted by Gasteiger charge is -2.36. The van der Waals surface area contributed by atoms with Gasteiger partial charge in [-0.1, -0.05) is 69.4 Å². The van der Waals surface area contributed by atoms with E-state index in [0.717, 1.165) is 31.4 Å². The molecule has 1 aromatic carbocycles. The molecule has 0 aromatic heterocycles. The lowest BCUT2D eigenvalue weighted by Crippen LogP contribution is -2.48. The van der Waals surface area contributed by atoms with Crippen LogP contribution < -0.4 is 5.32 Å². The molecule has 1 saturated heterocycles. The average Bonchev–Trinajstić information content (AvgIpc) is 2.62. The fraction of sp³-hybridized carbons (Fsp3) is 0.650. The van der Waals surface area contributed by atoms with Crippen molar-refractivity contribution in [2.75, 3.05) is 19.8 Å². The molecule has 1 N–H and O–H groups in total. The number of benzene rings is 1. The molecule has 0 unspecified atom stereocenters. The maximum atomic E-state index is 12.9. The number of rotatable bonds is 9. The fourth-order valence-electron chi connectivity index (χ4n) is 3.40. The number of unbranched alkanes of at least 4 members (excludes halogenated alkanes) is 5. The summed E-state index contributed by atoms with van der Waals surface area (Å²) in [4.78, 5) is 12.9. The first-order valence-corrected chi connectivity index (χ1v) is 9.21. The Kier molecular flexibility index (Phi) is 7.60. The molecule has 0 aliphatic carbocycles. The third kappa shape index (κ3) is 5.07. The molecule has 0 saturated carbocycles. The van der Waals surface area contributed by atoms with E-state index >= 15 is 0 Å². The SMILES string of the molecule is CCCCCCCCNC(=O)C1(c2ccccc2)CCOCC1. The van der Waals surface area contributed by atoms with E-state index in [4.69, 9.17) is 4.74 Å². The van der Waals surface area contributed by atoms with Crippen LogP contribution in [0.15, 0.2) is 30.3 Å². The predicted molar refractivity (Wildman–Crippen MR) is 94.6 cm³/mol. The number of hydrogen-bond acceptors (Lipinski definition) is 2. The summed E-state index contributed by atoms with van der Waals surface area (Å²) >= 11 is 0. The Morgan fingerprint density at radius 2 is 1.70 bits per heavy atom. The summed E-state index contributed by atoms with van der Waals surface area (Å²) in [6, 6.07) is 10.2. The number of ether oxygens (including phenoxy) is 1. The van der Waals surface area contributed by atoms with Gasteiger partial charge in [-0.25, -0.2) is 0 Å². The number of nitrogens with one attached hydrogen (secondary N) is 1. The van der Waals surface area contributed by atoms with Crippen molar-refractivity contribution in [3.8, 4) is 0 Å². The number of hydrogen-bond donors (Lipinski definition) is 1. The minimum absolute atomic E-state index is 0.181. The first-order valence-electron chi connectivity index (χ1n) is 9.21. The van der Waals surface area contributed by atoms with Crippen LogP contribution in [-0.4, -0.2) is 25.7 Å². The largest absolute Gasteiger partial charge is 0.381 e. The van der Waals surface area contributed by atoms with E-state index in [2.05, 4.69) is 24.4 Å². The molecular formula is C20H31NO2. The molecule has 128 valence electrons. The van der Waals surface area contributed by atoms with Gasteiger partial charge in [0, 0.05) is 19.8 Å². The second-order valence-corrected chi connectivity index (χ2v) is 6.58. The van der Waals surface area contributed by atoms with E-state index in [1.807, 2.05) is 18.2 Å². The maximum absolute atomic E-state index is 12.9. The molecule has 23 heavy (non-hydrogen) atoms. The highest BCUT2D eigenvalue weighted by atomic mass is 16.5. The van der Waals surface area contributed by atoms with Gasteiger partial charge in [0.25, 0.3) is 0 Å². The second-order valence-electron chi connectivity index (χ2n) is 6.58. The highest BCUT2D eigenvalue weighted by molar-refractivity contribution is 5.88. The molecule has 3 nitrogen and oxygen atoms in total. The van der Waals surface area contributed by atoms with Crippen LogP contribution in [0.4, 0.5) is 0 Å². The molecule has 1 fully saturated rings. The van der Waals surface area contributed by atoms with Crippen molar-refractivity contribution in [3.05, 3.63) is 35.9 Å². The maximum Gasteiger partial charge on any atom is 0.230 e. The standard InChI is InChI=1S/C20H31NO2/c1-2-3-4-5-6-10-15-21-19(22)20(13-16-23-17-14-20)18-11-8-7-9-12-18/h7-9,11-12H,2-6,10,13-17H2,1H3,(H,21,22). The molecule has 1 heterocycles. The van der Waals surface area contributed by atoms with E-state index < -0.39 is 5.41 Å². The smallest absolute Gasteiger partial charge is 0.230 e. The third-order valence-electron chi connectivity index (χ3n) is 4.92. The number of carbonyl (C=O) groups excluding carboxylic acids is 1. The van der Waals surface area contributed by atoms with Crippen LogP contribution in [0.2, 0.25) is 0 Å². The van der Waals surface area contributed by atoms with E-state index in [9.17, 15) is 4.79 Å². The van der Waals surface area contributed by atoms with Crippen molar-refractivity contribution in [1.82, 2.24) is 5.32 Å². The highest BCUT2D eigenvalue weighted by Crippen LogP contribution is 2.35. The molecule has 2 rings (SSSR count). The summed E-state index contributed by atoms with van der Waals surface area (Å²) in [5, 5.41) is 3.19. The Balaban J connectivity index is 1.86. The van der Waals surface area contributed by atoms with Gasteiger partial charge in [0.05, 0.1) is 5.41 Å². The molecule has 1 aliphatic rings. The number of amides is 1. The van der Waals surface area contributed by atoms with Gasteiger partial charge < -0.3 is 10.1 Å². The lowest BCUT2D eigenvalue weighted by atomic mass is 9.73. The summed E-state index contributed by atoms with van der Waals surface area (Å²) in [7, 11) is 0. The monoisotopic (exact) mass is 317 g/mol. The Labute approximate surface area is 140 Å². The first kappa shape index (κ1) is 18.0. The van der Waals surface area contributed by atoms with Crippen LogP contribution in [0.1, 0.15) is 63.9 Å². The van der Waals surface area contributed by atoms with E-state index in [0.29, 0.717) is 13.2 Å². The van der Waals surface area contributed by atoms with E-state index in [-0.39, 0.29) is 5.91 Å². The summed E-state index contributed by atoms with van der Waals surface area (Å²) in [6.07, 6.45) is 9.04. The van der Waals surface area contributed by atoms with Gasteiger partial charge in [0.15, 0.2) is 0 Å². The van der Waals surface area contributed by atoms with Crippen LogP contribution in [0.3, 0.4) is 0 Å². The van der Waals surface area contributed by atoms with Gasteiger partial charge in [-0.2, -0.15) is 0 Å². The van der Waals surface area contributed by atoms with Gasteiger partial charge in [-0.3, -0.25) is 4.79 Å². The van der Waals surface area contributed by atoms with Crippen LogP contribution in [-0.2, 0) is 14.9 Å². The van der Waals surface area contributed by atoms with Gasteiger partial charge >= 0.3 is 0 Å². The Morgan fingerprint density at radius 1 is 1.04 bits per heavy atom. The summed E-state index contributed by atoms with van der Waals surface area (Å²) in [6.45, 7) is 4.36. The molecule has 0 spiro atoms. The number of carbonyl (C=O) groups is 1. The summed E-state index contributed by atoms with van der Waals surface area (Å²) in [5.41, 5.74) is 0.727. The van der Waals surface area contributed by atoms with Crippen LogP contribution in [0.25, 0.3) is 0 Å². The molecule has 3 heteroatoms. The molecule has 1 amide bonds. The van der Waals surface area contributed by atoms with Gasteiger partial charge in [0.2, 0.25) is 5.91 Å². The van der Waals surface area contributed by atoms with Crippen molar-refractivity contribution in [2.45, 2.75) is 63.7 Å². The molecule has 1 aromatic rings. The van der Waals surface area contributed by atoms with Crippen molar-refractivity contribution in [1.29, 1.82) is 0 Å². The minimum atomic E-state index is -0.401. The lowest BCUT2D eigenvalue weighted by molar-refractivity contribution is -0.130. The summed E-state index contributed by atoms with van der Waals surface area (Å²) in [5.74, 6) is 0.181. The molecular weight excluding hydrogens is 286 g/mol.